The van der Waals surface area contributed by atoms with Crippen LogP contribution in [0.1, 0.15) is 22.3 Å². The highest BCUT2D eigenvalue weighted by Gasteiger charge is 2.33. The fraction of sp³-hybridized carbons (Fsp3) is 0.0152. The molecule has 0 unspecified atom stereocenters. The predicted molar refractivity (Wildman–Crippen MR) is 294 cm³/mol. The number of hydrogen-bond donors (Lipinski definition) is 0. The lowest BCUT2D eigenvalue weighted by atomic mass is 9.94. The number of alkyl halides is 3. The molecular formula is C66H34F3N7. The van der Waals surface area contributed by atoms with Crippen molar-refractivity contribution in [2.45, 2.75) is 6.18 Å². The molecule has 354 valence electrons. The number of benzene rings is 10. The van der Waals surface area contributed by atoms with Crippen molar-refractivity contribution in [3.63, 3.8) is 0 Å². The van der Waals surface area contributed by atoms with Crippen LogP contribution in [0.5, 0.6) is 0 Å². The summed E-state index contributed by atoms with van der Waals surface area (Å²) in [5.41, 5.74) is 10.9. The third-order valence-electron chi connectivity index (χ3n) is 14.2. The van der Waals surface area contributed by atoms with E-state index in [2.05, 4.69) is 27.9 Å². The van der Waals surface area contributed by atoms with Crippen molar-refractivity contribution in [2.75, 3.05) is 0 Å². The SMILES string of the molecule is [C-]#[N+]c1ccccc1-c1ccc2c(c1)c1cc(-c3ccccc3C#N)ccc1n2-c1ccc(C(F)(F)F)cc1-c1c(C#N)cccc1-n1c2ccc(-c3ccccc3C#N)cc2c2cc(-c3ccccc3[N+]#[C-])ccc21. The minimum atomic E-state index is -4.77. The summed E-state index contributed by atoms with van der Waals surface area (Å²) < 4.78 is 49.7. The Hall–Kier alpha value is -11.0. The van der Waals surface area contributed by atoms with Gasteiger partial charge in [0, 0.05) is 32.7 Å². The Labute approximate surface area is 433 Å². The standard InChI is InChI=1S/C66H34F3N7/c1-73-57-19-9-7-17-50(57)42-24-29-60-54(34-42)52-32-40(48-15-5-3-12-44(48)37-70)22-27-59(52)75(60)63-31-26-47(66(67,68)69)36-56(63)65-46(39-72)14-11-21-64(65)76-61-28-23-41(49-16-6-4-13-45(49)38-71)33-53(61)55-35-43(25-30-62(55)76)51-18-8-10-20-58(51)74-2/h3-36H. The molecule has 10 aromatic carbocycles. The Morgan fingerprint density at radius 2 is 0.750 bits per heavy atom. The molecule has 10 heteroatoms. The highest BCUT2D eigenvalue weighted by molar-refractivity contribution is 6.14. The van der Waals surface area contributed by atoms with Gasteiger partial charge >= 0.3 is 6.18 Å². The molecule has 0 saturated carbocycles. The second-order valence-corrected chi connectivity index (χ2v) is 18.2. The second kappa shape index (κ2) is 18.3. The summed E-state index contributed by atoms with van der Waals surface area (Å²) in [4.78, 5) is 7.59. The third-order valence-corrected chi connectivity index (χ3v) is 14.2. The fourth-order valence-electron chi connectivity index (χ4n) is 10.7. The zero-order valence-corrected chi connectivity index (χ0v) is 39.9. The van der Waals surface area contributed by atoms with Crippen LogP contribution >= 0.6 is 0 Å². The maximum atomic E-state index is 15.3. The van der Waals surface area contributed by atoms with Crippen molar-refractivity contribution < 1.29 is 13.2 Å². The Morgan fingerprint density at radius 3 is 1.17 bits per heavy atom. The molecule has 0 aliphatic carbocycles. The van der Waals surface area contributed by atoms with Crippen LogP contribution in [-0.2, 0) is 6.18 Å². The van der Waals surface area contributed by atoms with E-state index in [4.69, 9.17) is 13.1 Å². The number of halogens is 3. The average Bonchev–Trinajstić information content (AvgIpc) is 4.10. The first-order valence-electron chi connectivity index (χ1n) is 24.0. The fourth-order valence-corrected chi connectivity index (χ4v) is 10.7. The van der Waals surface area contributed by atoms with E-state index >= 15 is 13.2 Å². The molecule has 7 nitrogen and oxygen atoms in total. The second-order valence-electron chi connectivity index (χ2n) is 18.2. The minimum absolute atomic E-state index is 0.129. The summed E-state index contributed by atoms with van der Waals surface area (Å²) in [6.45, 7) is 15.9. The number of para-hydroxylation sites is 2. The lowest BCUT2D eigenvalue weighted by Gasteiger charge is -2.21. The van der Waals surface area contributed by atoms with Crippen molar-refractivity contribution in [3.8, 4) is 85.2 Å². The van der Waals surface area contributed by atoms with E-state index in [1.807, 2.05) is 143 Å². The van der Waals surface area contributed by atoms with Gasteiger partial charge in [-0.05, 0) is 136 Å². The Kier molecular flexibility index (Phi) is 11.1. The molecule has 76 heavy (non-hydrogen) atoms. The molecule has 0 spiro atoms. The van der Waals surface area contributed by atoms with Crippen molar-refractivity contribution >= 4 is 55.0 Å². The van der Waals surface area contributed by atoms with Crippen LogP contribution in [0.2, 0.25) is 0 Å². The van der Waals surface area contributed by atoms with E-state index in [1.165, 1.54) is 6.07 Å². The van der Waals surface area contributed by atoms with E-state index in [-0.39, 0.29) is 16.7 Å². The minimum Gasteiger partial charge on any atom is -0.309 e. The summed E-state index contributed by atoms with van der Waals surface area (Å²) in [7, 11) is 0. The lowest BCUT2D eigenvalue weighted by Crippen LogP contribution is -2.08. The zero-order chi connectivity index (χ0) is 52.2. The van der Waals surface area contributed by atoms with Crippen LogP contribution in [0.3, 0.4) is 0 Å². The molecule has 0 aliphatic heterocycles. The summed E-state index contributed by atoms with van der Waals surface area (Å²) in [5.74, 6) is 0. The molecule has 0 N–H and O–H groups in total. The number of rotatable bonds is 7. The van der Waals surface area contributed by atoms with Gasteiger partial charge < -0.3 is 9.13 Å². The van der Waals surface area contributed by atoms with E-state index in [9.17, 15) is 15.8 Å². The average molecular weight is 982 g/mol. The summed E-state index contributed by atoms with van der Waals surface area (Å²) in [6, 6.07) is 68.3. The van der Waals surface area contributed by atoms with Crippen LogP contribution < -0.4 is 0 Å². The number of aromatic nitrogens is 2. The van der Waals surface area contributed by atoms with Gasteiger partial charge in [0.2, 0.25) is 0 Å². The zero-order valence-electron chi connectivity index (χ0n) is 39.9. The predicted octanol–water partition coefficient (Wildman–Crippen LogP) is 18.0. The van der Waals surface area contributed by atoms with Crippen LogP contribution in [0.4, 0.5) is 24.5 Å². The number of nitriles is 3. The molecule has 12 aromatic rings. The molecular weight excluding hydrogens is 948 g/mol. The van der Waals surface area contributed by atoms with Crippen LogP contribution in [0.25, 0.3) is 120 Å². The molecule has 12 rings (SSSR count). The molecule has 0 bridgehead atoms. The van der Waals surface area contributed by atoms with Gasteiger partial charge in [-0.1, -0.05) is 115 Å². The third kappa shape index (κ3) is 7.49. The largest absolute Gasteiger partial charge is 0.416 e. The van der Waals surface area contributed by atoms with E-state index in [1.54, 1.807) is 54.6 Å². The van der Waals surface area contributed by atoms with Crippen molar-refractivity contribution in [1.82, 2.24) is 9.13 Å². The monoisotopic (exact) mass is 981 g/mol. The first kappa shape index (κ1) is 46.1. The van der Waals surface area contributed by atoms with Gasteiger partial charge in [0.05, 0.1) is 87.0 Å². The van der Waals surface area contributed by atoms with Crippen molar-refractivity contribution in [2.24, 2.45) is 0 Å². The summed E-state index contributed by atoms with van der Waals surface area (Å²) in [5, 5.41) is 34.5. The quantitative estimate of drug-likeness (QED) is 0.149. The number of nitrogens with zero attached hydrogens (tertiary/aromatic N) is 7. The van der Waals surface area contributed by atoms with Crippen molar-refractivity contribution in [1.29, 1.82) is 15.8 Å². The first-order chi connectivity index (χ1) is 37.1. The van der Waals surface area contributed by atoms with Crippen molar-refractivity contribution in [3.05, 3.63) is 251 Å². The topological polar surface area (TPSA) is 90.0 Å². The van der Waals surface area contributed by atoms with Crippen LogP contribution in [-0.4, -0.2) is 9.13 Å². The molecule has 2 aromatic heterocycles. The lowest BCUT2D eigenvalue weighted by molar-refractivity contribution is -0.137. The first-order valence-corrected chi connectivity index (χ1v) is 24.0. The molecule has 0 aliphatic rings. The molecule has 0 amide bonds. The van der Waals surface area contributed by atoms with Crippen LogP contribution in [0.15, 0.2) is 206 Å². The highest BCUT2D eigenvalue weighted by Crippen LogP contribution is 2.47. The molecule has 0 radical (unpaired) electrons. The van der Waals surface area contributed by atoms with Crippen LogP contribution in [0, 0.1) is 47.1 Å². The van der Waals surface area contributed by atoms with Gasteiger partial charge in [-0.15, -0.1) is 0 Å². The van der Waals surface area contributed by atoms with E-state index < -0.39 is 11.7 Å². The summed E-state index contributed by atoms with van der Waals surface area (Å²) in [6.07, 6.45) is -4.77. The van der Waals surface area contributed by atoms with E-state index in [0.717, 1.165) is 67.1 Å². The van der Waals surface area contributed by atoms with Gasteiger partial charge in [0.1, 0.15) is 0 Å². The molecule has 2 heterocycles. The Balaban J connectivity index is 1.17. The van der Waals surface area contributed by atoms with E-state index in [0.29, 0.717) is 67.1 Å². The van der Waals surface area contributed by atoms with Gasteiger partial charge in [-0.2, -0.15) is 29.0 Å². The molecule has 0 fully saturated rings. The van der Waals surface area contributed by atoms with Gasteiger partial charge in [0.15, 0.2) is 11.4 Å². The number of hydrogen-bond acceptors (Lipinski definition) is 3. The Morgan fingerprint density at radius 1 is 0.368 bits per heavy atom. The maximum absolute atomic E-state index is 15.3. The number of fused-ring (bicyclic) bond motifs is 6. The normalized spacial score (nSPS) is 11.3. The van der Waals surface area contributed by atoms with Gasteiger partial charge in [-0.25, -0.2) is 9.69 Å². The Bertz CT molecular complexity index is 4420. The summed E-state index contributed by atoms with van der Waals surface area (Å²) >= 11 is 0. The molecule has 0 saturated heterocycles. The molecule has 0 atom stereocenters. The van der Waals surface area contributed by atoms with Gasteiger partial charge in [-0.3, -0.25) is 0 Å². The smallest absolute Gasteiger partial charge is 0.309 e. The highest BCUT2D eigenvalue weighted by atomic mass is 19.4. The maximum Gasteiger partial charge on any atom is 0.416 e. The van der Waals surface area contributed by atoms with Gasteiger partial charge in [0.25, 0.3) is 0 Å².